The minimum absolute atomic E-state index is 0.236. The topological polar surface area (TPSA) is 77.3 Å². The fourth-order valence-electron chi connectivity index (χ4n) is 2.71. The molecule has 3 aromatic rings. The van der Waals surface area contributed by atoms with Crippen LogP contribution in [0.15, 0.2) is 66.1 Å². The fraction of sp³-hybridized carbons (Fsp3) is 0.263. The van der Waals surface area contributed by atoms with Crippen molar-refractivity contribution in [1.82, 2.24) is 19.1 Å². The van der Waals surface area contributed by atoms with Crippen molar-refractivity contribution in [1.29, 1.82) is 0 Å². The second-order valence-corrected chi connectivity index (χ2v) is 8.03. The molecule has 0 N–H and O–H groups in total. The van der Waals surface area contributed by atoms with Gasteiger partial charge in [0.25, 0.3) is 0 Å². The molecule has 1 aromatic heterocycles. The van der Waals surface area contributed by atoms with Crippen molar-refractivity contribution < 1.29 is 13.2 Å². The summed E-state index contributed by atoms with van der Waals surface area (Å²) >= 11 is 0. The molecule has 0 aliphatic rings. The zero-order valence-electron chi connectivity index (χ0n) is 15.5. The van der Waals surface area contributed by atoms with Gasteiger partial charge >= 0.3 is 0 Å². The van der Waals surface area contributed by atoms with Crippen LogP contribution in [0.2, 0.25) is 0 Å². The Morgan fingerprint density at radius 3 is 2.33 bits per heavy atom. The smallest absolute Gasteiger partial charge is 0.243 e. The molecule has 0 unspecified atom stereocenters. The summed E-state index contributed by atoms with van der Waals surface area (Å²) in [6.07, 6.45) is 3.08. The van der Waals surface area contributed by atoms with Gasteiger partial charge in [-0.25, -0.2) is 18.1 Å². The molecule has 0 bridgehead atoms. The van der Waals surface area contributed by atoms with Gasteiger partial charge in [-0.3, -0.25) is 0 Å². The minimum atomic E-state index is -3.62. The molecule has 8 heteroatoms. The predicted octanol–water partition coefficient (Wildman–Crippen LogP) is 3.05. The number of rotatable bonds is 7. The van der Waals surface area contributed by atoms with Crippen LogP contribution >= 0.6 is 0 Å². The molecule has 2 aromatic carbocycles. The normalized spacial score (nSPS) is 12.9. The lowest BCUT2D eigenvalue weighted by atomic mass is 10.1. The Morgan fingerprint density at radius 1 is 1.11 bits per heavy atom. The second-order valence-electron chi connectivity index (χ2n) is 6.03. The Balaban J connectivity index is 1.80. The van der Waals surface area contributed by atoms with Crippen LogP contribution in [0.5, 0.6) is 5.75 Å². The Hall–Kier alpha value is -2.71. The third-order valence-corrected chi connectivity index (χ3v) is 6.36. The summed E-state index contributed by atoms with van der Waals surface area (Å²) < 4.78 is 34.3. The van der Waals surface area contributed by atoms with Crippen LogP contribution in [0, 0.1) is 0 Å². The first kappa shape index (κ1) is 19.1. The van der Waals surface area contributed by atoms with Crippen molar-refractivity contribution in [3.05, 3.63) is 66.7 Å². The third kappa shape index (κ3) is 4.01. The molecule has 0 saturated heterocycles. The number of aromatic nitrogens is 3. The van der Waals surface area contributed by atoms with Crippen molar-refractivity contribution in [3.63, 3.8) is 0 Å². The number of hydrogen-bond acceptors (Lipinski definition) is 5. The molecule has 0 amide bonds. The van der Waals surface area contributed by atoms with Gasteiger partial charge in [-0.15, -0.1) is 0 Å². The summed E-state index contributed by atoms with van der Waals surface area (Å²) in [5.74, 6) is 0.649. The molecule has 3 rings (SSSR count). The Bertz CT molecular complexity index is 969. The van der Waals surface area contributed by atoms with Gasteiger partial charge in [0, 0.05) is 13.1 Å². The maximum absolute atomic E-state index is 12.9. The molecule has 7 nitrogen and oxygen atoms in total. The molecule has 1 atom stereocenters. The van der Waals surface area contributed by atoms with Crippen LogP contribution in [0.4, 0.5) is 0 Å². The lowest BCUT2D eigenvalue weighted by Crippen LogP contribution is -2.29. The molecule has 1 heterocycles. The quantitative estimate of drug-likeness (QED) is 0.624. The molecule has 142 valence electrons. The van der Waals surface area contributed by atoms with Gasteiger partial charge in [0.1, 0.15) is 18.4 Å². The van der Waals surface area contributed by atoms with Crippen molar-refractivity contribution in [2.75, 3.05) is 13.7 Å². The van der Waals surface area contributed by atoms with E-state index < -0.39 is 10.0 Å². The van der Waals surface area contributed by atoms with Crippen LogP contribution in [-0.2, 0) is 10.0 Å². The van der Waals surface area contributed by atoms with Gasteiger partial charge < -0.3 is 4.74 Å². The van der Waals surface area contributed by atoms with E-state index in [2.05, 4.69) is 10.1 Å². The molecule has 0 aliphatic heterocycles. The maximum Gasteiger partial charge on any atom is 0.243 e. The lowest BCUT2D eigenvalue weighted by Gasteiger charge is -2.25. The molecular weight excluding hydrogens is 364 g/mol. The predicted molar refractivity (Wildman–Crippen MR) is 102 cm³/mol. The van der Waals surface area contributed by atoms with Crippen LogP contribution in [0.3, 0.4) is 0 Å². The maximum atomic E-state index is 12.9. The zero-order valence-corrected chi connectivity index (χ0v) is 16.3. The van der Waals surface area contributed by atoms with E-state index in [1.807, 2.05) is 38.1 Å². The van der Waals surface area contributed by atoms with E-state index >= 15 is 0 Å². The highest BCUT2D eigenvalue weighted by molar-refractivity contribution is 7.89. The van der Waals surface area contributed by atoms with E-state index in [9.17, 15) is 8.42 Å². The van der Waals surface area contributed by atoms with Crippen molar-refractivity contribution in [2.24, 2.45) is 0 Å². The summed E-state index contributed by atoms with van der Waals surface area (Å²) in [6.45, 7) is 4.28. The standard InChI is InChI=1S/C19H22N4O3S/c1-4-26-18-9-11-19(12-10-18)27(24,25)22(3)15(2)16-5-7-17(8-6-16)23-14-20-13-21-23/h5-15H,4H2,1-3H3/t15-/m0/s1. The van der Waals surface area contributed by atoms with Gasteiger partial charge in [-0.2, -0.15) is 9.40 Å². The van der Waals surface area contributed by atoms with Crippen LogP contribution < -0.4 is 4.74 Å². The number of ether oxygens (including phenoxy) is 1. The van der Waals surface area contributed by atoms with E-state index in [1.54, 1.807) is 42.3 Å². The highest BCUT2D eigenvalue weighted by Gasteiger charge is 2.26. The Kier molecular flexibility index (Phi) is 5.57. The molecule has 0 fully saturated rings. The molecule has 27 heavy (non-hydrogen) atoms. The zero-order chi connectivity index (χ0) is 19.4. The van der Waals surface area contributed by atoms with Gasteiger partial charge in [0.05, 0.1) is 17.2 Å². The first-order valence-corrected chi connectivity index (χ1v) is 10.0. The molecule has 0 spiro atoms. The van der Waals surface area contributed by atoms with Gasteiger partial charge in [-0.05, 0) is 55.8 Å². The largest absolute Gasteiger partial charge is 0.494 e. The average Bonchev–Trinajstić information content (AvgIpc) is 3.22. The van der Waals surface area contributed by atoms with Crippen molar-refractivity contribution >= 4 is 10.0 Å². The summed E-state index contributed by atoms with van der Waals surface area (Å²) in [4.78, 5) is 4.16. The van der Waals surface area contributed by atoms with E-state index in [1.165, 1.54) is 10.6 Å². The number of benzene rings is 2. The first-order valence-electron chi connectivity index (χ1n) is 8.59. The van der Waals surface area contributed by atoms with E-state index in [0.717, 1.165) is 11.3 Å². The molecular formula is C19H22N4O3S. The molecule has 0 saturated carbocycles. The summed E-state index contributed by atoms with van der Waals surface area (Å²) in [7, 11) is -2.04. The lowest BCUT2D eigenvalue weighted by molar-refractivity contribution is 0.340. The SMILES string of the molecule is CCOc1ccc(S(=O)(=O)N(C)[C@@H](C)c2ccc(-n3cncn3)cc2)cc1. The highest BCUT2D eigenvalue weighted by atomic mass is 32.2. The fourth-order valence-corrected chi connectivity index (χ4v) is 4.06. The van der Waals surface area contributed by atoms with Crippen molar-refractivity contribution in [2.45, 2.75) is 24.8 Å². The van der Waals surface area contributed by atoms with Gasteiger partial charge in [0.2, 0.25) is 10.0 Å². The number of nitrogens with zero attached hydrogens (tertiary/aromatic N) is 4. The van der Waals surface area contributed by atoms with E-state index in [4.69, 9.17) is 4.74 Å². The Morgan fingerprint density at radius 2 is 1.78 bits per heavy atom. The molecule has 0 radical (unpaired) electrons. The van der Waals surface area contributed by atoms with Crippen LogP contribution in [0.1, 0.15) is 25.5 Å². The first-order chi connectivity index (χ1) is 12.9. The highest BCUT2D eigenvalue weighted by Crippen LogP contribution is 2.27. The summed E-state index contributed by atoms with van der Waals surface area (Å²) in [5.41, 5.74) is 1.75. The third-order valence-electron chi connectivity index (χ3n) is 4.42. The molecule has 0 aliphatic carbocycles. The summed E-state index contributed by atoms with van der Waals surface area (Å²) in [5, 5.41) is 4.08. The van der Waals surface area contributed by atoms with Crippen LogP contribution in [-0.4, -0.2) is 41.1 Å². The minimum Gasteiger partial charge on any atom is -0.494 e. The monoisotopic (exact) mass is 386 g/mol. The second kappa shape index (κ2) is 7.89. The number of sulfonamides is 1. The van der Waals surface area contributed by atoms with E-state index in [-0.39, 0.29) is 10.9 Å². The van der Waals surface area contributed by atoms with Crippen molar-refractivity contribution in [3.8, 4) is 11.4 Å². The van der Waals surface area contributed by atoms with Gasteiger partial charge in [0.15, 0.2) is 0 Å². The average molecular weight is 386 g/mol. The van der Waals surface area contributed by atoms with Gasteiger partial charge in [-0.1, -0.05) is 12.1 Å². The summed E-state index contributed by atoms with van der Waals surface area (Å²) in [6, 6.07) is 13.7. The van der Waals surface area contributed by atoms with E-state index in [0.29, 0.717) is 12.4 Å². The Labute approximate surface area is 159 Å². The van der Waals surface area contributed by atoms with Crippen LogP contribution in [0.25, 0.3) is 5.69 Å². The number of hydrogen-bond donors (Lipinski definition) is 0.